The molecule has 0 radical (unpaired) electrons. The van der Waals surface area contributed by atoms with Gasteiger partial charge in [-0.25, -0.2) is 0 Å². The maximum atomic E-state index is 12.1. The molecule has 0 bridgehead atoms. The van der Waals surface area contributed by atoms with Gasteiger partial charge in [0.05, 0.1) is 0 Å². The summed E-state index contributed by atoms with van der Waals surface area (Å²) in [6.07, 6.45) is 17.8. The van der Waals surface area contributed by atoms with Crippen molar-refractivity contribution in [2.45, 2.75) is 106 Å². The van der Waals surface area contributed by atoms with Crippen molar-refractivity contribution in [2.24, 2.45) is 58.2 Å². The van der Waals surface area contributed by atoms with Crippen molar-refractivity contribution in [1.29, 1.82) is 0 Å². The first kappa shape index (κ1) is 22.6. The van der Waals surface area contributed by atoms with Gasteiger partial charge in [-0.1, -0.05) is 53.7 Å². The highest BCUT2D eigenvalue weighted by atomic mass is 16.1. The Labute approximate surface area is 186 Å². The SMILES string of the molecule is CC[C@H](/C=C\[C@@H](C)[C@H]1CC[C@H]2[C@@H]3CC[C@H]4CC(=O)CC[C@]4(C)[C@H]3CC[C@]12C)C(C)C. The van der Waals surface area contributed by atoms with Crippen LogP contribution in [0.1, 0.15) is 106 Å². The van der Waals surface area contributed by atoms with Gasteiger partial charge in [-0.3, -0.25) is 4.79 Å². The van der Waals surface area contributed by atoms with E-state index < -0.39 is 0 Å². The van der Waals surface area contributed by atoms with Crippen molar-refractivity contribution in [3.63, 3.8) is 0 Å². The summed E-state index contributed by atoms with van der Waals surface area (Å²) in [6, 6.07) is 0. The van der Waals surface area contributed by atoms with Gasteiger partial charge in [-0.15, -0.1) is 0 Å². The third-order valence-corrected chi connectivity index (χ3v) is 11.2. The van der Waals surface area contributed by atoms with E-state index in [-0.39, 0.29) is 0 Å². The molecule has 4 aliphatic carbocycles. The Hall–Kier alpha value is -0.590. The van der Waals surface area contributed by atoms with Crippen LogP contribution < -0.4 is 0 Å². The number of carbonyl (C=O) groups excluding carboxylic acids is 1. The Morgan fingerprint density at radius 2 is 1.67 bits per heavy atom. The molecular formula is C29H48O. The van der Waals surface area contributed by atoms with Crippen molar-refractivity contribution in [3.8, 4) is 0 Å². The second-order valence-electron chi connectivity index (χ2n) is 12.7. The second kappa shape index (κ2) is 8.40. The summed E-state index contributed by atoms with van der Waals surface area (Å²) in [4.78, 5) is 12.1. The van der Waals surface area contributed by atoms with E-state index in [0.29, 0.717) is 28.4 Å². The van der Waals surface area contributed by atoms with E-state index in [4.69, 9.17) is 0 Å². The van der Waals surface area contributed by atoms with Gasteiger partial charge in [0.2, 0.25) is 0 Å². The van der Waals surface area contributed by atoms with E-state index in [1.807, 2.05) is 0 Å². The molecule has 0 heterocycles. The molecule has 4 fully saturated rings. The number of allylic oxidation sites excluding steroid dienone is 2. The smallest absolute Gasteiger partial charge is 0.133 e. The maximum absolute atomic E-state index is 12.1. The molecule has 4 saturated carbocycles. The number of rotatable bonds is 5. The zero-order valence-corrected chi connectivity index (χ0v) is 20.8. The molecule has 0 aromatic rings. The summed E-state index contributed by atoms with van der Waals surface area (Å²) in [5, 5.41) is 0. The second-order valence-corrected chi connectivity index (χ2v) is 12.7. The molecular weight excluding hydrogens is 364 g/mol. The lowest BCUT2D eigenvalue weighted by Crippen LogP contribution is -2.53. The molecule has 30 heavy (non-hydrogen) atoms. The Kier molecular flexibility index (Phi) is 6.33. The average Bonchev–Trinajstić information content (AvgIpc) is 3.06. The summed E-state index contributed by atoms with van der Waals surface area (Å²) >= 11 is 0. The Bertz CT molecular complexity index is 661. The Balaban J connectivity index is 1.50. The van der Waals surface area contributed by atoms with E-state index in [1.54, 1.807) is 0 Å². The van der Waals surface area contributed by atoms with Crippen LogP contribution in [-0.4, -0.2) is 5.78 Å². The first-order valence-electron chi connectivity index (χ1n) is 13.4. The third kappa shape index (κ3) is 3.65. The minimum Gasteiger partial charge on any atom is -0.300 e. The van der Waals surface area contributed by atoms with E-state index in [9.17, 15) is 4.79 Å². The van der Waals surface area contributed by atoms with E-state index in [1.165, 1.54) is 51.4 Å². The molecule has 0 aromatic carbocycles. The molecule has 1 nitrogen and oxygen atoms in total. The van der Waals surface area contributed by atoms with Crippen LogP contribution in [0, 0.1) is 58.2 Å². The van der Waals surface area contributed by atoms with Crippen molar-refractivity contribution < 1.29 is 4.79 Å². The highest BCUT2D eigenvalue weighted by molar-refractivity contribution is 5.79. The van der Waals surface area contributed by atoms with Gasteiger partial charge in [0.1, 0.15) is 5.78 Å². The minimum absolute atomic E-state index is 0.452. The first-order chi connectivity index (χ1) is 14.2. The average molecular weight is 413 g/mol. The third-order valence-electron chi connectivity index (χ3n) is 11.2. The number of carbonyl (C=O) groups is 1. The standard InChI is InChI=1S/C29H48O/c1-7-21(19(2)3)9-8-20(4)25-12-13-26-24-11-10-22-18-23(30)14-16-28(22,5)27(24)15-17-29(25,26)6/h8-9,19-22,24-27H,7,10-18H2,1-6H3/b9-8-/t20-,21-,22+,24+,25-,26+,27+,28+,29-/m1/s1. The van der Waals surface area contributed by atoms with Gasteiger partial charge < -0.3 is 0 Å². The molecule has 0 unspecified atom stereocenters. The lowest BCUT2D eigenvalue weighted by atomic mass is 9.44. The Morgan fingerprint density at radius 1 is 0.933 bits per heavy atom. The molecule has 0 N–H and O–H groups in total. The predicted octanol–water partition coefficient (Wildman–Crippen LogP) is 8.09. The summed E-state index contributed by atoms with van der Waals surface area (Å²) in [6.45, 7) is 14.8. The predicted molar refractivity (Wildman–Crippen MR) is 127 cm³/mol. The fourth-order valence-electron chi connectivity index (χ4n) is 9.23. The highest BCUT2D eigenvalue weighted by Crippen LogP contribution is 2.68. The zero-order chi connectivity index (χ0) is 21.7. The van der Waals surface area contributed by atoms with Gasteiger partial charge in [-0.05, 0) is 110 Å². The normalized spacial score (nSPS) is 45.8. The Morgan fingerprint density at radius 3 is 2.37 bits per heavy atom. The fraction of sp³-hybridized carbons (Fsp3) is 0.897. The topological polar surface area (TPSA) is 17.1 Å². The quantitative estimate of drug-likeness (QED) is 0.417. The van der Waals surface area contributed by atoms with Crippen molar-refractivity contribution in [1.82, 2.24) is 0 Å². The van der Waals surface area contributed by atoms with Gasteiger partial charge in [0, 0.05) is 12.8 Å². The van der Waals surface area contributed by atoms with Gasteiger partial charge in [0.15, 0.2) is 0 Å². The lowest BCUT2D eigenvalue weighted by Gasteiger charge is -2.60. The van der Waals surface area contributed by atoms with Crippen molar-refractivity contribution >= 4 is 5.78 Å². The van der Waals surface area contributed by atoms with Crippen LogP contribution in [0.3, 0.4) is 0 Å². The molecule has 4 rings (SSSR count). The molecule has 4 aliphatic rings. The maximum Gasteiger partial charge on any atom is 0.133 e. The summed E-state index contributed by atoms with van der Waals surface area (Å²) in [5.74, 6) is 7.04. The number of hydrogen-bond acceptors (Lipinski definition) is 1. The number of ketones is 1. The monoisotopic (exact) mass is 412 g/mol. The van der Waals surface area contributed by atoms with Crippen LogP contribution in [0.4, 0.5) is 0 Å². The zero-order valence-electron chi connectivity index (χ0n) is 20.8. The number of hydrogen-bond donors (Lipinski definition) is 0. The molecule has 0 spiro atoms. The van der Waals surface area contributed by atoms with E-state index in [0.717, 1.165) is 48.3 Å². The lowest BCUT2D eigenvalue weighted by molar-refractivity contribution is -0.140. The molecule has 0 saturated heterocycles. The van der Waals surface area contributed by atoms with Crippen LogP contribution in [0.15, 0.2) is 12.2 Å². The van der Waals surface area contributed by atoms with Crippen molar-refractivity contribution in [2.75, 3.05) is 0 Å². The summed E-state index contributed by atoms with van der Waals surface area (Å²) in [5.41, 5.74) is 0.992. The van der Waals surface area contributed by atoms with Crippen LogP contribution in [0.5, 0.6) is 0 Å². The van der Waals surface area contributed by atoms with Crippen LogP contribution in [0.25, 0.3) is 0 Å². The van der Waals surface area contributed by atoms with Crippen LogP contribution in [-0.2, 0) is 4.79 Å². The molecule has 0 aliphatic heterocycles. The molecule has 170 valence electrons. The first-order valence-corrected chi connectivity index (χ1v) is 13.4. The van der Waals surface area contributed by atoms with Crippen LogP contribution >= 0.6 is 0 Å². The molecule has 0 amide bonds. The largest absolute Gasteiger partial charge is 0.300 e. The molecule has 9 atom stereocenters. The number of Topliss-reactive ketones (excluding diaryl/α,β-unsaturated/α-hetero) is 1. The fourth-order valence-corrected chi connectivity index (χ4v) is 9.23. The van der Waals surface area contributed by atoms with Gasteiger partial charge in [-0.2, -0.15) is 0 Å². The minimum atomic E-state index is 0.452. The summed E-state index contributed by atoms with van der Waals surface area (Å²) < 4.78 is 0. The summed E-state index contributed by atoms with van der Waals surface area (Å²) in [7, 11) is 0. The van der Waals surface area contributed by atoms with Gasteiger partial charge in [0.25, 0.3) is 0 Å². The number of fused-ring (bicyclic) bond motifs is 5. The molecule has 0 aromatic heterocycles. The highest BCUT2D eigenvalue weighted by Gasteiger charge is 2.60. The van der Waals surface area contributed by atoms with E-state index in [2.05, 4.69) is 53.7 Å². The van der Waals surface area contributed by atoms with Crippen LogP contribution in [0.2, 0.25) is 0 Å². The van der Waals surface area contributed by atoms with E-state index >= 15 is 0 Å². The molecule has 1 heteroatoms. The van der Waals surface area contributed by atoms with Gasteiger partial charge >= 0.3 is 0 Å². The van der Waals surface area contributed by atoms with Crippen molar-refractivity contribution in [3.05, 3.63) is 12.2 Å².